The third kappa shape index (κ3) is 4.11. The van der Waals surface area contributed by atoms with E-state index in [0.29, 0.717) is 0 Å². The number of imide groups is 1. The van der Waals surface area contributed by atoms with Crippen molar-refractivity contribution in [1.82, 2.24) is 4.90 Å². The van der Waals surface area contributed by atoms with E-state index in [1.165, 1.54) is 12.1 Å². The van der Waals surface area contributed by atoms with E-state index in [9.17, 15) is 24.0 Å². The minimum absolute atomic E-state index is 0.243. The van der Waals surface area contributed by atoms with Gasteiger partial charge in [-0.15, -0.1) is 0 Å². The largest absolute Gasteiger partial charge is 0.455 e. The van der Waals surface area contributed by atoms with Crippen molar-refractivity contribution < 1.29 is 42.9 Å². The molecule has 0 saturated carbocycles. The van der Waals surface area contributed by atoms with Gasteiger partial charge in [-0.1, -0.05) is 12.1 Å². The summed E-state index contributed by atoms with van der Waals surface area (Å²) >= 11 is 0. The number of benzene rings is 1. The fraction of sp³-hybridized carbons (Fsp3) is 0.421. The van der Waals surface area contributed by atoms with Gasteiger partial charge in [0.25, 0.3) is 11.8 Å². The van der Waals surface area contributed by atoms with Crippen molar-refractivity contribution in [1.29, 1.82) is 0 Å². The molecule has 2 heterocycles. The molecule has 154 valence electrons. The van der Waals surface area contributed by atoms with Gasteiger partial charge in [0.1, 0.15) is 6.10 Å². The van der Waals surface area contributed by atoms with E-state index in [0.717, 1.165) is 25.7 Å². The van der Waals surface area contributed by atoms with Crippen LogP contribution in [-0.2, 0) is 33.3 Å². The lowest BCUT2D eigenvalue weighted by molar-refractivity contribution is -0.195. The smallest absolute Gasteiger partial charge is 0.305 e. The second-order valence-electron chi connectivity index (χ2n) is 6.57. The van der Waals surface area contributed by atoms with E-state index in [-0.39, 0.29) is 17.7 Å². The first-order valence-electron chi connectivity index (χ1n) is 8.81. The number of ether oxygens (including phenoxy) is 4. The van der Waals surface area contributed by atoms with Crippen LogP contribution in [0.15, 0.2) is 24.3 Å². The van der Waals surface area contributed by atoms with Crippen LogP contribution in [0.4, 0.5) is 0 Å². The Labute approximate surface area is 165 Å². The topological polar surface area (TPSA) is 126 Å². The molecule has 4 atom stereocenters. The summed E-state index contributed by atoms with van der Waals surface area (Å²) in [6, 6.07) is 6.32. The normalized spacial score (nSPS) is 25.6. The number of hydrogen-bond donors (Lipinski definition) is 0. The first kappa shape index (κ1) is 20.5. The number of hydrogen-bond acceptors (Lipinski definition) is 9. The molecule has 1 saturated heterocycles. The molecule has 0 radical (unpaired) electrons. The standard InChI is InChI=1S/C19H19NO9/c1-9(21)26-15-14(29-19(28-11(3)23)16(15)27-10(2)22)8-20-17(24)12-6-4-5-7-13(12)18(20)25/h4-7,14-16,19H,8H2,1-3H3/t14-,15-,16-,19?/m0/s1. The first-order chi connectivity index (χ1) is 13.7. The van der Waals surface area contributed by atoms with E-state index in [2.05, 4.69) is 0 Å². The lowest BCUT2D eigenvalue weighted by Crippen LogP contribution is -2.45. The van der Waals surface area contributed by atoms with E-state index >= 15 is 0 Å². The summed E-state index contributed by atoms with van der Waals surface area (Å²) in [5.74, 6) is -3.19. The van der Waals surface area contributed by atoms with E-state index in [1.54, 1.807) is 12.1 Å². The highest BCUT2D eigenvalue weighted by atomic mass is 16.7. The number of carbonyl (C=O) groups excluding carboxylic acids is 5. The van der Waals surface area contributed by atoms with Gasteiger partial charge in [0, 0.05) is 20.8 Å². The van der Waals surface area contributed by atoms with Crippen LogP contribution in [0.2, 0.25) is 0 Å². The number of nitrogens with zero attached hydrogens (tertiary/aromatic N) is 1. The Hall–Kier alpha value is -3.27. The predicted octanol–water partition coefficient (Wildman–Crippen LogP) is 0.434. The Morgan fingerprint density at radius 2 is 1.34 bits per heavy atom. The molecular weight excluding hydrogens is 386 g/mol. The van der Waals surface area contributed by atoms with Gasteiger partial charge < -0.3 is 18.9 Å². The molecule has 0 spiro atoms. The van der Waals surface area contributed by atoms with Gasteiger partial charge in [0.15, 0.2) is 6.10 Å². The Bertz CT molecular complexity index is 845. The van der Waals surface area contributed by atoms with E-state index in [4.69, 9.17) is 18.9 Å². The van der Waals surface area contributed by atoms with Crippen LogP contribution in [0.1, 0.15) is 41.5 Å². The molecule has 10 heteroatoms. The number of esters is 3. The summed E-state index contributed by atoms with van der Waals surface area (Å²) in [5, 5.41) is 0. The molecular formula is C19H19NO9. The Morgan fingerprint density at radius 1 is 0.862 bits per heavy atom. The van der Waals surface area contributed by atoms with Gasteiger partial charge in [-0.05, 0) is 12.1 Å². The van der Waals surface area contributed by atoms with Crippen LogP contribution in [0.3, 0.4) is 0 Å². The van der Waals surface area contributed by atoms with Crippen molar-refractivity contribution in [3.8, 4) is 0 Å². The van der Waals surface area contributed by atoms with E-state index in [1.807, 2.05) is 0 Å². The van der Waals surface area contributed by atoms with Crippen molar-refractivity contribution in [3.63, 3.8) is 0 Å². The van der Waals surface area contributed by atoms with Crippen LogP contribution >= 0.6 is 0 Å². The van der Waals surface area contributed by atoms with Crippen molar-refractivity contribution in [2.45, 2.75) is 45.4 Å². The maximum absolute atomic E-state index is 12.6. The van der Waals surface area contributed by atoms with Crippen LogP contribution < -0.4 is 0 Å². The fourth-order valence-electron chi connectivity index (χ4n) is 3.33. The Morgan fingerprint density at radius 3 is 1.83 bits per heavy atom. The van der Waals surface area contributed by atoms with E-state index < -0.39 is 54.3 Å². The second kappa shape index (κ2) is 8.00. The minimum Gasteiger partial charge on any atom is -0.455 e. The molecule has 1 aromatic carbocycles. The van der Waals surface area contributed by atoms with Gasteiger partial charge in [-0.25, -0.2) is 0 Å². The molecule has 0 aliphatic carbocycles. The van der Waals surface area contributed by atoms with Gasteiger partial charge in [0.2, 0.25) is 12.4 Å². The summed E-state index contributed by atoms with van der Waals surface area (Å²) < 4.78 is 21.0. The monoisotopic (exact) mass is 405 g/mol. The quantitative estimate of drug-likeness (QED) is 0.389. The highest BCUT2D eigenvalue weighted by molar-refractivity contribution is 6.21. The zero-order valence-electron chi connectivity index (χ0n) is 15.9. The first-order valence-corrected chi connectivity index (χ1v) is 8.81. The molecule has 1 unspecified atom stereocenters. The molecule has 2 aliphatic rings. The number of amides is 2. The summed E-state index contributed by atoms with van der Waals surface area (Å²) in [6.07, 6.45) is -4.87. The third-order valence-corrected chi connectivity index (χ3v) is 4.39. The van der Waals surface area contributed by atoms with Crippen LogP contribution in [-0.4, -0.2) is 65.8 Å². The molecule has 1 fully saturated rings. The molecule has 2 amide bonds. The lowest BCUT2D eigenvalue weighted by Gasteiger charge is -2.24. The Balaban J connectivity index is 1.87. The van der Waals surface area contributed by atoms with Gasteiger partial charge in [-0.2, -0.15) is 0 Å². The summed E-state index contributed by atoms with van der Waals surface area (Å²) in [4.78, 5) is 60.6. The zero-order chi connectivity index (χ0) is 21.3. The van der Waals surface area contributed by atoms with Crippen LogP contribution in [0.25, 0.3) is 0 Å². The number of carbonyl (C=O) groups is 5. The maximum Gasteiger partial charge on any atom is 0.305 e. The third-order valence-electron chi connectivity index (χ3n) is 4.39. The average Bonchev–Trinajstić information content (AvgIpc) is 3.05. The molecule has 0 aromatic heterocycles. The molecule has 2 aliphatic heterocycles. The highest BCUT2D eigenvalue weighted by Crippen LogP contribution is 2.31. The highest BCUT2D eigenvalue weighted by Gasteiger charge is 2.53. The van der Waals surface area contributed by atoms with Crippen molar-refractivity contribution >= 4 is 29.7 Å². The SMILES string of the molecule is CC(=O)OC1O[C@@H](CN2C(=O)c3ccccc3C2=O)[C@H](OC(C)=O)[C@@H]1OC(C)=O. The molecule has 0 N–H and O–H groups in total. The minimum atomic E-state index is -1.36. The van der Waals surface area contributed by atoms with Gasteiger partial charge in [-0.3, -0.25) is 28.9 Å². The molecule has 0 bridgehead atoms. The van der Waals surface area contributed by atoms with Crippen LogP contribution in [0, 0.1) is 0 Å². The maximum atomic E-state index is 12.6. The molecule has 10 nitrogen and oxygen atoms in total. The fourth-order valence-corrected chi connectivity index (χ4v) is 3.33. The van der Waals surface area contributed by atoms with Crippen LogP contribution in [0.5, 0.6) is 0 Å². The summed E-state index contributed by atoms with van der Waals surface area (Å²) in [7, 11) is 0. The Kier molecular flexibility index (Phi) is 5.64. The zero-order valence-corrected chi connectivity index (χ0v) is 15.9. The number of rotatable bonds is 5. The molecule has 3 rings (SSSR count). The van der Waals surface area contributed by atoms with Gasteiger partial charge >= 0.3 is 17.9 Å². The average molecular weight is 405 g/mol. The number of fused-ring (bicyclic) bond motifs is 1. The predicted molar refractivity (Wildman–Crippen MR) is 93.3 cm³/mol. The van der Waals surface area contributed by atoms with Gasteiger partial charge in [0.05, 0.1) is 17.7 Å². The second-order valence-corrected chi connectivity index (χ2v) is 6.57. The molecule has 1 aromatic rings. The summed E-state index contributed by atoms with van der Waals surface area (Å²) in [6.45, 7) is 3.11. The summed E-state index contributed by atoms with van der Waals surface area (Å²) in [5.41, 5.74) is 0.486. The van der Waals surface area contributed by atoms with Crippen molar-refractivity contribution in [3.05, 3.63) is 35.4 Å². The van der Waals surface area contributed by atoms with Crippen molar-refractivity contribution in [2.24, 2.45) is 0 Å². The van der Waals surface area contributed by atoms with Crippen molar-refractivity contribution in [2.75, 3.05) is 6.54 Å². The lowest BCUT2D eigenvalue weighted by atomic mass is 10.1. The molecule has 29 heavy (non-hydrogen) atoms.